The maximum Gasteiger partial charge on any atom is 0.230 e. The SMILES string of the molecule is OC1(C2CCCCC2)C=CC=CO1. The van der Waals surface area contributed by atoms with Crippen LogP contribution in [0.5, 0.6) is 0 Å². The molecule has 2 rings (SSSR count). The van der Waals surface area contributed by atoms with Crippen molar-refractivity contribution >= 4 is 0 Å². The molecule has 0 spiro atoms. The molecule has 13 heavy (non-hydrogen) atoms. The van der Waals surface area contributed by atoms with Gasteiger partial charge in [0.05, 0.1) is 6.26 Å². The lowest BCUT2D eigenvalue weighted by Gasteiger charge is -2.36. The molecule has 0 aromatic carbocycles. The molecule has 1 atom stereocenters. The van der Waals surface area contributed by atoms with Gasteiger partial charge in [-0.3, -0.25) is 0 Å². The molecule has 0 amide bonds. The van der Waals surface area contributed by atoms with Crippen molar-refractivity contribution in [2.45, 2.75) is 37.9 Å². The summed E-state index contributed by atoms with van der Waals surface area (Å²) in [5.74, 6) is -0.739. The highest BCUT2D eigenvalue weighted by Crippen LogP contribution is 2.35. The molecule has 1 unspecified atom stereocenters. The van der Waals surface area contributed by atoms with E-state index < -0.39 is 5.79 Å². The monoisotopic (exact) mass is 180 g/mol. The van der Waals surface area contributed by atoms with Crippen LogP contribution >= 0.6 is 0 Å². The van der Waals surface area contributed by atoms with E-state index in [1.807, 2.05) is 6.08 Å². The minimum absolute atomic E-state index is 0.280. The Hall–Kier alpha value is -0.760. The Morgan fingerprint density at radius 3 is 2.54 bits per heavy atom. The molecular weight excluding hydrogens is 164 g/mol. The van der Waals surface area contributed by atoms with E-state index in [-0.39, 0.29) is 5.92 Å². The van der Waals surface area contributed by atoms with Gasteiger partial charge in [0, 0.05) is 5.92 Å². The number of rotatable bonds is 1. The van der Waals surface area contributed by atoms with E-state index in [1.54, 1.807) is 18.4 Å². The topological polar surface area (TPSA) is 29.5 Å². The summed E-state index contributed by atoms with van der Waals surface area (Å²) in [6.07, 6.45) is 12.9. The average molecular weight is 180 g/mol. The van der Waals surface area contributed by atoms with Gasteiger partial charge in [-0.05, 0) is 25.0 Å². The third-order valence-corrected chi connectivity index (χ3v) is 2.97. The van der Waals surface area contributed by atoms with E-state index in [9.17, 15) is 5.11 Å². The number of aliphatic hydroxyl groups is 1. The van der Waals surface area contributed by atoms with E-state index in [1.165, 1.54) is 19.3 Å². The third-order valence-electron chi connectivity index (χ3n) is 2.97. The molecule has 2 heteroatoms. The molecule has 1 heterocycles. The predicted molar refractivity (Wildman–Crippen MR) is 50.9 cm³/mol. The average Bonchev–Trinajstić information content (AvgIpc) is 2.20. The first-order chi connectivity index (χ1) is 6.31. The van der Waals surface area contributed by atoms with Crippen LogP contribution in [0.1, 0.15) is 32.1 Å². The lowest BCUT2D eigenvalue weighted by molar-refractivity contribution is -0.174. The smallest absolute Gasteiger partial charge is 0.230 e. The number of ether oxygens (including phenoxy) is 1. The van der Waals surface area contributed by atoms with Crippen LogP contribution in [-0.2, 0) is 4.74 Å². The summed E-state index contributed by atoms with van der Waals surface area (Å²) < 4.78 is 5.29. The van der Waals surface area contributed by atoms with Crippen molar-refractivity contribution in [3.8, 4) is 0 Å². The fourth-order valence-electron chi connectivity index (χ4n) is 2.17. The van der Waals surface area contributed by atoms with Crippen LogP contribution in [0.4, 0.5) is 0 Å². The minimum atomic E-state index is -1.02. The van der Waals surface area contributed by atoms with Gasteiger partial charge in [0.25, 0.3) is 0 Å². The molecule has 1 N–H and O–H groups in total. The van der Waals surface area contributed by atoms with Crippen molar-refractivity contribution < 1.29 is 9.84 Å². The van der Waals surface area contributed by atoms with Gasteiger partial charge in [-0.25, -0.2) is 0 Å². The molecule has 0 saturated heterocycles. The molecule has 0 radical (unpaired) electrons. The second-order valence-electron chi connectivity index (χ2n) is 3.89. The van der Waals surface area contributed by atoms with Gasteiger partial charge in [0.15, 0.2) is 0 Å². The highest BCUT2D eigenvalue weighted by Gasteiger charge is 2.36. The Morgan fingerprint density at radius 2 is 1.92 bits per heavy atom. The maximum absolute atomic E-state index is 10.1. The highest BCUT2D eigenvalue weighted by molar-refractivity contribution is 5.12. The normalized spacial score (nSPS) is 34.5. The summed E-state index contributed by atoms with van der Waals surface area (Å²) in [5.41, 5.74) is 0. The molecular formula is C11H16O2. The van der Waals surface area contributed by atoms with Crippen LogP contribution in [-0.4, -0.2) is 10.9 Å². The van der Waals surface area contributed by atoms with Crippen LogP contribution in [0.2, 0.25) is 0 Å². The van der Waals surface area contributed by atoms with E-state index in [4.69, 9.17) is 4.74 Å². The maximum atomic E-state index is 10.1. The van der Waals surface area contributed by atoms with Crippen molar-refractivity contribution in [2.75, 3.05) is 0 Å². The van der Waals surface area contributed by atoms with Crippen LogP contribution in [0.25, 0.3) is 0 Å². The summed E-state index contributed by atoms with van der Waals surface area (Å²) in [7, 11) is 0. The molecule has 0 bridgehead atoms. The van der Waals surface area contributed by atoms with Crippen molar-refractivity contribution in [3.05, 3.63) is 24.5 Å². The Balaban J connectivity index is 2.04. The van der Waals surface area contributed by atoms with E-state index in [2.05, 4.69) is 0 Å². The first-order valence-electron chi connectivity index (χ1n) is 5.06. The van der Waals surface area contributed by atoms with Gasteiger partial charge < -0.3 is 9.84 Å². The number of allylic oxidation sites excluding steroid dienone is 2. The minimum Gasteiger partial charge on any atom is -0.466 e. The van der Waals surface area contributed by atoms with Gasteiger partial charge in [0.1, 0.15) is 0 Å². The molecule has 1 aliphatic heterocycles. The highest BCUT2D eigenvalue weighted by atomic mass is 16.6. The van der Waals surface area contributed by atoms with Gasteiger partial charge >= 0.3 is 0 Å². The molecule has 1 fully saturated rings. The number of hydrogen-bond donors (Lipinski definition) is 1. The fourth-order valence-corrected chi connectivity index (χ4v) is 2.17. The Morgan fingerprint density at radius 1 is 1.15 bits per heavy atom. The lowest BCUT2D eigenvalue weighted by atomic mass is 9.82. The standard InChI is InChI=1S/C11H16O2/c12-11(8-4-5-9-13-11)10-6-2-1-3-7-10/h4-5,8-10,12H,1-3,6-7H2. The van der Waals surface area contributed by atoms with Gasteiger partial charge in [-0.15, -0.1) is 0 Å². The first kappa shape index (κ1) is 8.82. The Kier molecular flexibility index (Phi) is 2.40. The summed E-state index contributed by atoms with van der Waals surface area (Å²) in [5, 5.41) is 10.1. The quantitative estimate of drug-likeness (QED) is 0.671. The van der Waals surface area contributed by atoms with Crippen molar-refractivity contribution in [2.24, 2.45) is 5.92 Å². The van der Waals surface area contributed by atoms with E-state index >= 15 is 0 Å². The summed E-state index contributed by atoms with van der Waals surface area (Å²) in [4.78, 5) is 0. The van der Waals surface area contributed by atoms with Crippen molar-refractivity contribution in [1.82, 2.24) is 0 Å². The molecule has 2 aliphatic rings. The van der Waals surface area contributed by atoms with E-state index in [0.717, 1.165) is 12.8 Å². The van der Waals surface area contributed by atoms with Crippen molar-refractivity contribution in [1.29, 1.82) is 0 Å². The van der Waals surface area contributed by atoms with Crippen LogP contribution in [0.3, 0.4) is 0 Å². The summed E-state index contributed by atoms with van der Waals surface area (Å²) in [6, 6.07) is 0. The lowest BCUT2D eigenvalue weighted by Crippen LogP contribution is -2.39. The zero-order valence-electron chi connectivity index (χ0n) is 7.78. The van der Waals surface area contributed by atoms with Gasteiger partial charge in [-0.1, -0.05) is 25.3 Å². The largest absolute Gasteiger partial charge is 0.466 e. The van der Waals surface area contributed by atoms with Crippen molar-refractivity contribution in [3.63, 3.8) is 0 Å². The first-order valence-corrected chi connectivity index (χ1v) is 5.06. The zero-order chi connectivity index (χ0) is 9.15. The molecule has 0 aromatic heterocycles. The zero-order valence-corrected chi connectivity index (χ0v) is 7.78. The van der Waals surface area contributed by atoms with Crippen LogP contribution < -0.4 is 0 Å². The Labute approximate surface area is 78.9 Å². The second kappa shape index (κ2) is 3.54. The summed E-state index contributed by atoms with van der Waals surface area (Å²) in [6.45, 7) is 0. The predicted octanol–water partition coefficient (Wildman–Crippen LogP) is 2.36. The van der Waals surface area contributed by atoms with Crippen LogP contribution in [0, 0.1) is 5.92 Å². The second-order valence-corrected chi connectivity index (χ2v) is 3.89. The third kappa shape index (κ3) is 1.78. The fraction of sp³-hybridized carbons (Fsp3) is 0.636. The molecule has 72 valence electrons. The van der Waals surface area contributed by atoms with Gasteiger partial charge in [-0.2, -0.15) is 0 Å². The molecule has 1 aliphatic carbocycles. The van der Waals surface area contributed by atoms with E-state index in [0.29, 0.717) is 0 Å². The Bertz CT molecular complexity index is 226. The summed E-state index contributed by atoms with van der Waals surface area (Å²) >= 11 is 0. The molecule has 1 saturated carbocycles. The molecule has 2 nitrogen and oxygen atoms in total. The van der Waals surface area contributed by atoms with Gasteiger partial charge in [0.2, 0.25) is 5.79 Å². The number of hydrogen-bond acceptors (Lipinski definition) is 2. The van der Waals surface area contributed by atoms with Crippen LogP contribution in [0.15, 0.2) is 24.5 Å². The molecule has 0 aromatic rings.